The van der Waals surface area contributed by atoms with Crippen LogP contribution >= 0.6 is 0 Å². The second kappa shape index (κ2) is 3.74. The van der Waals surface area contributed by atoms with Gasteiger partial charge in [0.1, 0.15) is 0 Å². The maximum absolute atomic E-state index is 11.5. The number of carbonyl (C=O) groups excluding carboxylic acids is 1. The van der Waals surface area contributed by atoms with E-state index in [4.69, 9.17) is 11.5 Å². The number of amides is 1. The number of hydrogen-bond donors (Lipinski definition) is 2. The number of nitrogens with two attached hydrogens (primary N) is 2. The average molecular weight is 236 g/mol. The molecule has 4 N–H and O–H groups in total. The first-order valence-electron chi connectivity index (χ1n) is 5.67. The fourth-order valence-corrected chi connectivity index (χ4v) is 2.31. The molecule has 18 heavy (non-hydrogen) atoms. The highest BCUT2D eigenvalue weighted by Gasteiger charge is 2.11. The Labute approximate surface area is 104 Å². The summed E-state index contributed by atoms with van der Waals surface area (Å²) in [5.74, 6) is -0.492. The van der Waals surface area contributed by atoms with Crippen LogP contribution in [-0.4, -0.2) is 5.91 Å². The Bertz CT molecular complexity index is 778. The molecule has 0 unspecified atom stereocenters. The maximum Gasteiger partial charge on any atom is 0.251 e. The van der Waals surface area contributed by atoms with Crippen LogP contribution in [0.15, 0.2) is 48.5 Å². The van der Waals surface area contributed by atoms with Crippen molar-refractivity contribution in [1.82, 2.24) is 0 Å². The molecule has 0 atom stereocenters. The average Bonchev–Trinajstić information content (AvgIpc) is 2.36. The summed E-state index contributed by atoms with van der Waals surface area (Å²) in [7, 11) is 0. The van der Waals surface area contributed by atoms with Crippen LogP contribution in [-0.2, 0) is 0 Å². The van der Waals surface area contributed by atoms with Gasteiger partial charge in [0.05, 0.1) is 5.56 Å². The molecule has 0 aliphatic rings. The Kier molecular flexibility index (Phi) is 2.20. The Balaban J connectivity index is 2.50. The second-order valence-electron chi connectivity index (χ2n) is 4.31. The molecule has 0 aliphatic carbocycles. The zero-order valence-electron chi connectivity index (χ0n) is 9.68. The van der Waals surface area contributed by atoms with Crippen LogP contribution in [0.4, 0.5) is 5.69 Å². The highest BCUT2D eigenvalue weighted by atomic mass is 16.1. The number of benzene rings is 3. The number of hydrogen-bond acceptors (Lipinski definition) is 2. The number of carbonyl (C=O) groups is 1. The van der Waals surface area contributed by atoms with E-state index in [-0.39, 0.29) is 0 Å². The van der Waals surface area contributed by atoms with Crippen molar-refractivity contribution < 1.29 is 4.79 Å². The predicted molar refractivity (Wildman–Crippen MR) is 74.4 cm³/mol. The predicted octanol–water partition coefficient (Wildman–Crippen LogP) is 2.67. The van der Waals surface area contributed by atoms with Gasteiger partial charge in [-0.15, -0.1) is 0 Å². The summed E-state index contributed by atoms with van der Waals surface area (Å²) in [6.45, 7) is 0. The Morgan fingerprint density at radius 1 is 0.889 bits per heavy atom. The number of anilines is 1. The molecule has 0 heterocycles. The van der Waals surface area contributed by atoms with Crippen molar-refractivity contribution in [2.75, 3.05) is 5.73 Å². The van der Waals surface area contributed by atoms with Gasteiger partial charge in [-0.25, -0.2) is 0 Å². The molecule has 3 aromatic rings. The fraction of sp³-hybridized carbons (Fsp3) is 0. The molecule has 0 fully saturated rings. The molecule has 3 aromatic carbocycles. The summed E-state index contributed by atoms with van der Waals surface area (Å²) < 4.78 is 0. The lowest BCUT2D eigenvalue weighted by Crippen LogP contribution is -2.14. The number of nitrogen functional groups attached to an aromatic ring is 1. The fourth-order valence-electron chi connectivity index (χ4n) is 2.31. The van der Waals surface area contributed by atoms with Gasteiger partial charge < -0.3 is 11.5 Å². The van der Waals surface area contributed by atoms with Crippen LogP contribution in [0, 0.1) is 0 Å². The monoisotopic (exact) mass is 236 g/mol. The second-order valence-corrected chi connectivity index (χ2v) is 4.31. The topological polar surface area (TPSA) is 69.1 Å². The normalized spacial score (nSPS) is 10.9. The summed E-state index contributed by atoms with van der Waals surface area (Å²) in [6, 6.07) is 15.6. The number of rotatable bonds is 1. The minimum Gasteiger partial charge on any atom is -0.398 e. The third kappa shape index (κ3) is 1.49. The van der Waals surface area contributed by atoms with Gasteiger partial charge in [-0.05, 0) is 39.7 Å². The zero-order chi connectivity index (χ0) is 12.7. The van der Waals surface area contributed by atoms with Crippen molar-refractivity contribution in [3.63, 3.8) is 0 Å². The van der Waals surface area contributed by atoms with Crippen LogP contribution in [0.1, 0.15) is 10.4 Å². The minimum atomic E-state index is -0.492. The van der Waals surface area contributed by atoms with Crippen molar-refractivity contribution in [2.45, 2.75) is 0 Å². The van der Waals surface area contributed by atoms with Crippen molar-refractivity contribution in [2.24, 2.45) is 5.73 Å². The van der Waals surface area contributed by atoms with Crippen molar-refractivity contribution in [3.8, 4) is 0 Å². The summed E-state index contributed by atoms with van der Waals surface area (Å²) in [6.07, 6.45) is 0. The van der Waals surface area contributed by atoms with Crippen LogP contribution < -0.4 is 11.5 Å². The van der Waals surface area contributed by atoms with Crippen LogP contribution in [0.5, 0.6) is 0 Å². The molecule has 0 saturated heterocycles. The van der Waals surface area contributed by atoms with Gasteiger partial charge >= 0.3 is 0 Å². The molecule has 0 aliphatic heterocycles. The van der Waals surface area contributed by atoms with E-state index in [1.54, 1.807) is 6.07 Å². The third-order valence-electron chi connectivity index (χ3n) is 3.16. The lowest BCUT2D eigenvalue weighted by molar-refractivity contribution is 0.100. The van der Waals surface area contributed by atoms with Gasteiger partial charge in [-0.2, -0.15) is 0 Å². The third-order valence-corrected chi connectivity index (χ3v) is 3.16. The molecule has 0 saturated carbocycles. The molecule has 0 radical (unpaired) electrons. The maximum atomic E-state index is 11.5. The van der Waals surface area contributed by atoms with Crippen LogP contribution in [0.3, 0.4) is 0 Å². The lowest BCUT2D eigenvalue weighted by Gasteiger charge is -2.08. The first kappa shape index (κ1) is 10.6. The highest BCUT2D eigenvalue weighted by molar-refractivity contribution is 6.13. The van der Waals surface area contributed by atoms with E-state index in [0.29, 0.717) is 11.3 Å². The molecule has 3 nitrogen and oxygen atoms in total. The van der Waals surface area contributed by atoms with Crippen LogP contribution in [0.25, 0.3) is 21.5 Å². The standard InChI is InChI=1S/C15H12N2O/c16-13-6-5-11-7-9-3-1-2-4-10(9)8-12(11)14(13)15(17)18/h1-8H,16H2,(H2,17,18). The molecule has 88 valence electrons. The summed E-state index contributed by atoms with van der Waals surface area (Å²) in [4.78, 5) is 11.5. The Hall–Kier alpha value is -2.55. The first-order chi connectivity index (χ1) is 8.66. The lowest BCUT2D eigenvalue weighted by atomic mass is 9.98. The van der Waals surface area contributed by atoms with Crippen molar-refractivity contribution in [3.05, 3.63) is 54.1 Å². The van der Waals surface area contributed by atoms with E-state index in [1.165, 1.54) is 0 Å². The smallest absolute Gasteiger partial charge is 0.251 e. The molecular weight excluding hydrogens is 224 g/mol. The van der Waals surface area contributed by atoms with E-state index >= 15 is 0 Å². The van der Waals surface area contributed by atoms with Gasteiger partial charge in [0.25, 0.3) is 5.91 Å². The van der Waals surface area contributed by atoms with Gasteiger partial charge in [-0.3, -0.25) is 4.79 Å². The zero-order valence-corrected chi connectivity index (χ0v) is 9.68. The van der Waals surface area contributed by atoms with E-state index in [2.05, 4.69) is 0 Å². The van der Waals surface area contributed by atoms with E-state index in [9.17, 15) is 4.79 Å². The molecule has 0 aromatic heterocycles. The number of primary amides is 1. The van der Waals surface area contributed by atoms with E-state index in [1.807, 2.05) is 42.5 Å². The summed E-state index contributed by atoms with van der Waals surface area (Å²) in [5, 5.41) is 3.97. The van der Waals surface area contributed by atoms with E-state index in [0.717, 1.165) is 21.5 Å². The highest BCUT2D eigenvalue weighted by Crippen LogP contribution is 2.28. The molecular formula is C15H12N2O. The van der Waals surface area contributed by atoms with Crippen LogP contribution in [0.2, 0.25) is 0 Å². The molecule has 3 heteroatoms. The SMILES string of the molecule is NC(=O)c1c(N)ccc2cc3ccccc3cc12. The van der Waals surface area contributed by atoms with Crippen molar-refractivity contribution in [1.29, 1.82) is 0 Å². The summed E-state index contributed by atoms with van der Waals surface area (Å²) in [5.41, 5.74) is 12.1. The Morgan fingerprint density at radius 2 is 1.56 bits per heavy atom. The van der Waals surface area contributed by atoms with Gasteiger partial charge in [0.15, 0.2) is 0 Å². The molecule has 1 amide bonds. The molecule has 3 rings (SSSR count). The van der Waals surface area contributed by atoms with Gasteiger partial charge in [-0.1, -0.05) is 30.3 Å². The van der Waals surface area contributed by atoms with Gasteiger partial charge in [0, 0.05) is 5.69 Å². The summed E-state index contributed by atoms with van der Waals surface area (Å²) >= 11 is 0. The first-order valence-corrected chi connectivity index (χ1v) is 5.67. The van der Waals surface area contributed by atoms with E-state index < -0.39 is 5.91 Å². The quantitative estimate of drug-likeness (QED) is 0.503. The van der Waals surface area contributed by atoms with Gasteiger partial charge in [0.2, 0.25) is 0 Å². The Morgan fingerprint density at radius 3 is 2.22 bits per heavy atom. The molecule has 0 spiro atoms. The minimum absolute atomic E-state index is 0.401. The number of fused-ring (bicyclic) bond motifs is 2. The largest absolute Gasteiger partial charge is 0.398 e. The molecule has 0 bridgehead atoms. The van der Waals surface area contributed by atoms with Crippen molar-refractivity contribution >= 4 is 33.1 Å².